The van der Waals surface area contributed by atoms with Crippen LogP contribution in [0.25, 0.3) is 0 Å². The van der Waals surface area contributed by atoms with Crippen molar-refractivity contribution in [3.8, 4) is 5.75 Å². The van der Waals surface area contributed by atoms with Crippen LogP contribution in [0.3, 0.4) is 0 Å². The summed E-state index contributed by atoms with van der Waals surface area (Å²) in [6.07, 6.45) is 1.22. The molecular formula is C14H20N2O2S. The van der Waals surface area contributed by atoms with E-state index in [2.05, 4.69) is 5.32 Å². The van der Waals surface area contributed by atoms with Crippen LogP contribution in [0.4, 0.5) is 0 Å². The molecule has 0 radical (unpaired) electrons. The van der Waals surface area contributed by atoms with Crippen molar-refractivity contribution in [2.24, 2.45) is 5.73 Å². The van der Waals surface area contributed by atoms with E-state index < -0.39 is 5.54 Å². The molecule has 0 fully saturated rings. The third-order valence-corrected chi connectivity index (χ3v) is 3.82. The predicted octanol–water partition coefficient (Wildman–Crippen LogP) is 2.28. The minimum Gasteiger partial charge on any atom is -0.507 e. The zero-order chi connectivity index (χ0) is 14.6. The summed E-state index contributed by atoms with van der Waals surface area (Å²) in [6.45, 7) is 5.68. The molecule has 0 aliphatic rings. The van der Waals surface area contributed by atoms with E-state index in [1.807, 2.05) is 20.8 Å². The number of hydrogen-bond acceptors (Lipinski definition) is 3. The number of thiocarbonyl (C=S) groups is 1. The fraction of sp³-hybridized carbons (Fsp3) is 0.429. The molecule has 1 amide bonds. The Morgan fingerprint density at radius 2 is 2.00 bits per heavy atom. The number of nitrogens with one attached hydrogen (secondary N) is 1. The monoisotopic (exact) mass is 280 g/mol. The highest BCUT2D eigenvalue weighted by molar-refractivity contribution is 7.80. The summed E-state index contributed by atoms with van der Waals surface area (Å²) in [5, 5.41) is 12.7. The van der Waals surface area contributed by atoms with Crippen molar-refractivity contribution in [2.75, 3.05) is 0 Å². The summed E-state index contributed by atoms with van der Waals surface area (Å²) in [4.78, 5) is 12.5. The molecule has 0 unspecified atom stereocenters. The molecule has 0 saturated carbocycles. The molecule has 1 aromatic carbocycles. The molecule has 0 spiro atoms. The summed E-state index contributed by atoms with van der Waals surface area (Å²) in [5.41, 5.74) is 6.15. The van der Waals surface area contributed by atoms with Gasteiger partial charge in [0.2, 0.25) is 0 Å². The molecular weight excluding hydrogens is 260 g/mol. The van der Waals surface area contributed by atoms with Gasteiger partial charge in [-0.3, -0.25) is 4.79 Å². The maximum atomic E-state index is 12.2. The molecule has 5 heteroatoms. The second-order valence-corrected chi connectivity index (χ2v) is 5.07. The van der Waals surface area contributed by atoms with Crippen molar-refractivity contribution in [3.05, 3.63) is 29.3 Å². The van der Waals surface area contributed by atoms with Gasteiger partial charge in [0.15, 0.2) is 0 Å². The Labute approximate surface area is 119 Å². The van der Waals surface area contributed by atoms with Gasteiger partial charge >= 0.3 is 0 Å². The Morgan fingerprint density at radius 1 is 1.42 bits per heavy atom. The lowest BCUT2D eigenvalue weighted by molar-refractivity contribution is 0.0917. The quantitative estimate of drug-likeness (QED) is 0.723. The van der Waals surface area contributed by atoms with E-state index in [0.29, 0.717) is 12.8 Å². The normalized spacial score (nSPS) is 11.1. The van der Waals surface area contributed by atoms with E-state index in [1.54, 1.807) is 18.2 Å². The van der Waals surface area contributed by atoms with Crippen molar-refractivity contribution in [2.45, 2.75) is 39.2 Å². The van der Waals surface area contributed by atoms with Crippen LogP contribution in [0.1, 0.15) is 42.6 Å². The molecule has 104 valence electrons. The molecule has 0 aromatic heterocycles. The lowest BCUT2D eigenvalue weighted by atomic mass is 9.92. The third-order valence-electron chi connectivity index (χ3n) is 3.43. The molecule has 0 aliphatic carbocycles. The smallest absolute Gasteiger partial charge is 0.255 e. The molecule has 1 aromatic rings. The van der Waals surface area contributed by atoms with Crippen LogP contribution in [0.2, 0.25) is 0 Å². The lowest BCUT2D eigenvalue weighted by Crippen LogP contribution is -2.55. The van der Waals surface area contributed by atoms with Crippen molar-refractivity contribution >= 4 is 23.1 Å². The second-order valence-electron chi connectivity index (χ2n) is 4.63. The van der Waals surface area contributed by atoms with E-state index in [9.17, 15) is 9.90 Å². The highest BCUT2D eigenvalue weighted by Gasteiger charge is 2.32. The fourth-order valence-corrected chi connectivity index (χ4v) is 2.29. The summed E-state index contributed by atoms with van der Waals surface area (Å²) in [6, 6.07) is 4.92. The van der Waals surface area contributed by atoms with E-state index in [-0.39, 0.29) is 22.2 Å². The minimum absolute atomic E-state index is 0.0402. The first kappa shape index (κ1) is 15.4. The van der Waals surface area contributed by atoms with E-state index in [0.717, 1.165) is 5.56 Å². The lowest BCUT2D eigenvalue weighted by Gasteiger charge is -2.31. The number of nitrogens with two attached hydrogens (primary N) is 1. The number of phenolic OH excluding ortho intramolecular Hbond substituents is 1. The molecule has 4 nitrogen and oxygen atoms in total. The number of rotatable bonds is 5. The van der Waals surface area contributed by atoms with Crippen LogP contribution in [0, 0.1) is 6.92 Å². The first-order chi connectivity index (χ1) is 8.86. The van der Waals surface area contributed by atoms with Gasteiger partial charge in [0.25, 0.3) is 5.91 Å². The van der Waals surface area contributed by atoms with Crippen molar-refractivity contribution < 1.29 is 9.90 Å². The number of phenols is 1. The van der Waals surface area contributed by atoms with Gasteiger partial charge < -0.3 is 16.2 Å². The number of carbonyl (C=O) groups excluding carboxylic acids is 1. The molecule has 0 heterocycles. The van der Waals surface area contributed by atoms with Crippen LogP contribution < -0.4 is 11.1 Å². The largest absolute Gasteiger partial charge is 0.507 e. The Kier molecular flexibility index (Phi) is 4.89. The fourth-order valence-electron chi connectivity index (χ4n) is 1.96. The van der Waals surface area contributed by atoms with Crippen molar-refractivity contribution in [1.29, 1.82) is 0 Å². The van der Waals surface area contributed by atoms with E-state index in [4.69, 9.17) is 18.0 Å². The summed E-state index contributed by atoms with van der Waals surface area (Å²) < 4.78 is 0. The molecule has 1 rings (SSSR count). The van der Waals surface area contributed by atoms with Crippen LogP contribution in [-0.4, -0.2) is 21.5 Å². The van der Waals surface area contributed by atoms with E-state index in [1.165, 1.54) is 0 Å². The maximum absolute atomic E-state index is 12.2. The Morgan fingerprint density at radius 3 is 2.42 bits per heavy atom. The van der Waals surface area contributed by atoms with Gasteiger partial charge in [-0.15, -0.1) is 0 Å². The molecule has 19 heavy (non-hydrogen) atoms. The Bertz CT molecular complexity index is 496. The Hall–Kier alpha value is -1.62. The van der Waals surface area contributed by atoms with E-state index >= 15 is 0 Å². The second kappa shape index (κ2) is 6.02. The van der Waals surface area contributed by atoms with Crippen LogP contribution in [0.15, 0.2) is 18.2 Å². The molecule has 0 saturated heterocycles. The molecule has 0 atom stereocenters. The zero-order valence-electron chi connectivity index (χ0n) is 11.5. The first-order valence-corrected chi connectivity index (χ1v) is 6.69. The van der Waals surface area contributed by atoms with Gasteiger partial charge in [0.1, 0.15) is 5.75 Å². The van der Waals surface area contributed by atoms with Gasteiger partial charge in [-0.1, -0.05) is 32.1 Å². The average Bonchev–Trinajstić information content (AvgIpc) is 2.35. The minimum atomic E-state index is -0.705. The third kappa shape index (κ3) is 3.23. The molecule has 4 N–H and O–H groups in total. The number of amides is 1. The summed E-state index contributed by atoms with van der Waals surface area (Å²) in [7, 11) is 0. The SMILES string of the molecule is CCC(CC)(NC(=O)c1ccc(C)cc1O)C(N)=S. The highest BCUT2D eigenvalue weighted by atomic mass is 32.1. The maximum Gasteiger partial charge on any atom is 0.255 e. The van der Waals surface area contributed by atoms with Crippen LogP contribution in [0.5, 0.6) is 5.75 Å². The summed E-state index contributed by atoms with van der Waals surface area (Å²) in [5.74, 6) is -0.407. The van der Waals surface area contributed by atoms with Gasteiger partial charge in [-0.2, -0.15) is 0 Å². The van der Waals surface area contributed by atoms with Gasteiger partial charge in [-0.05, 0) is 37.5 Å². The average molecular weight is 280 g/mol. The molecule has 0 bridgehead atoms. The molecule has 0 aliphatic heterocycles. The number of hydrogen-bond donors (Lipinski definition) is 3. The number of aryl methyl sites for hydroxylation is 1. The predicted molar refractivity (Wildman–Crippen MR) is 80.4 cm³/mol. The van der Waals surface area contributed by atoms with Gasteiger partial charge in [-0.25, -0.2) is 0 Å². The number of benzene rings is 1. The standard InChI is InChI=1S/C14H20N2O2S/c1-4-14(5-2,13(15)19)16-12(18)10-7-6-9(3)8-11(10)17/h6-8,17H,4-5H2,1-3H3,(H2,15,19)(H,16,18). The first-order valence-electron chi connectivity index (χ1n) is 6.28. The summed E-state index contributed by atoms with van der Waals surface area (Å²) >= 11 is 5.05. The zero-order valence-corrected chi connectivity index (χ0v) is 12.3. The highest BCUT2D eigenvalue weighted by Crippen LogP contribution is 2.21. The van der Waals surface area contributed by atoms with Crippen molar-refractivity contribution in [1.82, 2.24) is 5.32 Å². The van der Waals surface area contributed by atoms with Crippen molar-refractivity contribution in [3.63, 3.8) is 0 Å². The van der Waals surface area contributed by atoms with Gasteiger partial charge in [0, 0.05) is 0 Å². The topological polar surface area (TPSA) is 75.3 Å². The number of carbonyl (C=O) groups is 1. The number of aromatic hydroxyl groups is 1. The Balaban J connectivity index is 3.04. The van der Waals surface area contributed by atoms with Crippen LogP contribution in [-0.2, 0) is 0 Å². The van der Waals surface area contributed by atoms with Gasteiger partial charge in [0.05, 0.1) is 16.1 Å². The van der Waals surface area contributed by atoms with Crippen LogP contribution >= 0.6 is 12.2 Å².